The molecule has 0 unspecified atom stereocenters. The van der Waals surface area contributed by atoms with Crippen molar-refractivity contribution in [3.8, 4) is 11.1 Å². The number of hydrogen-bond donors (Lipinski definition) is 1. The van der Waals surface area contributed by atoms with Crippen LogP contribution in [0.15, 0.2) is 61.3 Å². The number of carbonyl (C=O) groups is 3. The first kappa shape index (κ1) is 21.2. The molecule has 1 aliphatic heterocycles. The lowest BCUT2D eigenvalue weighted by atomic mass is 9.98. The minimum atomic E-state index is -1.14. The van der Waals surface area contributed by atoms with Crippen LogP contribution < -0.4 is 5.32 Å². The second-order valence-corrected chi connectivity index (χ2v) is 8.23. The van der Waals surface area contributed by atoms with Crippen LogP contribution >= 0.6 is 0 Å². The number of piperidine rings is 1. The predicted molar refractivity (Wildman–Crippen MR) is 123 cm³/mol. The number of nitrogens with zero attached hydrogens (tertiary/aromatic N) is 1. The summed E-state index contributed by atoms with van der Waals surface area (Å²) in [5.41, 5.74) is 4.39. The van der Waals surface area contributed by atoms with Gasteiger partial charge in [0.1, 0.15) is 14.0 Å². The van der Waals surface area contributed by atoms with Crippen molar-refractivity contribution in [2.24, 2.45) is 0 Å². The van der Waals surface area contributed by atoms with Crippen molar-refractivity contribution in [2.45, 2.75) is 37.6 Å². The second kappa shape index (κ2) is 10.3. The minimum Gasteiger partial charge on any atom is -0.449 e. The maximum atomic E-state index is 13.0. The van der Waals surface area contributed by atoms with Crippen molar-refractivity contribution in [1.29, 1.82) is 0 Å². The smallest absolute Gasteiger partial charge is 0.407 e. The number of likely N-dealkylation sites (tertiary alicyclic amines) is 1. The Kier molecular flexibility index (Phi) is 6.66. The maximum absolute atomic E-state index is 13.0. The van der Waals surface area contributed by atoms with E-state index in [4.69, 9.17) is 6.11 Å². The van der Waals surface area contributed by atoms with Gasteiger partial charge in [0.05, 0.1) is 12.7 Å². The third-order valence-corrected chi connectivity index (χ3v) is 6.16. The van der Waals surface area contributed by atoms with Gasteiger partial charge in [-0.25, -0.2) is 4.79 Å². The van der Waals surface area contributed by atoms with E-state index in [1.807, 2.05) is 48.5 Å². The molecule has 0 aromatic heterocycles. The van der Waals surface area contributed by atoms with Gasteiger partial charge in [-0.15, -0.1) is 0 Å². The molecular weight excluding hydrogens is 420 g/mol. The molecule has 1 heterocycles. The summed E-state index contributed by atoms with van der Waals surface area (Å²) < 4.78 is 17.5. The Hall–Kier alpha value is -3.61. The van der Waals surface area contributed by atoms with Crippen molar-refractivity contribution in [2.75, 3.05) is 19.7 Å². The van der Waals surface area contributed by atoms with Crippen LogP contribution in [-0.4, -0.2) is 48.6 Å². The Labute approximate surface area is 194 Å². The lowest BCUT2D eigenvalue weighted by Gasteiger charge is -2.30. The van der Waals surface area contributed by atoms with E-state index in [0.717, 1.165) is 41.5 Å². The van der Waals surface area contributed by atoms with Gasteiger partial charge in [-0.2, -0.15) is 0 Å². The van der Waals surface area contributed by atoms with Gasteiger partial charge in [0.2, 0.25) is 5.91 Å². The molecule has 0 radical (unpaired) electrons. The molecule has 4 rings (SSSR count). The van der Waals surface area contributed by atoms with Crippen molar-refractivity contribution >= 4 is 18.0 Å². The SMILES string of the molecule is [3H]C(=C)OC(=O)C[C@H](NC(=O)OCC1c2ccccc2-c2ccccc21)C(=O)N1CCCCC1. The average Bonchev–Trinajstić information content (AvgIpc) is 3.15. The number of alkyl carbamates (subject to hydrolysis) is 1. The highest BCUT2D eigenvalue weighted by molar-refractivity contribution is 5.90. The number of nitrogens with one attached hydrogen (secondary N) is 1. The highest BCUT2D eigenvalue weighted by Gasteiger charge is 2.32. The number of carbonyl (C=O) groups excluding carboxylic acids is 3. The van der Waals surface area contributed by atoms with Crippen LogP contribution in [0.3, 0.4) is 0 Å². The van der Waals surface area contributed by atoms with Crippen molar-refractivity contribution in [1.82, 2.24) is 10.2 Å². The summed E-state index contributed by atoms with van der Waals surface area (Å²) in [7, 11) is 0. The van der Waals surface area contributed by atoms with Gasteiger partial charge in [-0.05, 0) is 41.5 Å². The van der Waals surface area contributed by atoms with E-state index in [-0.39, 0.29) is 18.4 Å². The lowest BCUT2D eigenvalue weighted by molar-refractivity contribution is -0.143. The van der Waals surface area contributed by atoms with Crippen molar-refractivity contribution in [3.05, 3.63) is 72.5 Å². The first-order valence-corrected chi connectivity index (χ1v) is 11.2. The minimum absolute atomic E-state index is 0.0957. The van der Waals surface area contributed by atoms with Gasteiger partial charge in [0.15, 0.2) is 0 Å². The molecule has 2 aromatic carbocycles. The summed E-state index contributed by atoms with van der Waals surface area (Å²) >= 11 is 0. The normalized spacial score (nSPS) is 16.1. The predicted octanol–water partition coefficient (Wildman–Crippen LogP) is 3.98. The van der Waals surface area contributed by atoms with Crippen molar-refractivity contribution < 1.29 is 25.2 Å². The van der Waals surface area contributed by atoms with Gasteiger partial charge in [-0.1, -0.05) is 55.1 Å². The zero-order chi connectivity index (χ0) is 24.1. The maximum Gasteiger partial charge on any atom is 0.407 e. The summed E-state index contributed by atoms with van der Waals surface area (Å²) in [6, 6.07) is 14.9. The molecule has 1 atom stereocenters. The van der Waals surface area contributed by atoms with Gasteiger partial charge >= 0.3 is 12.1 Å². The van der Waals surface area contributed by atoms with E-state index in [1.165, 1.54) is 0 Å². The largest absolute Gasteiger partial charge is 0.449 e. The number of benzene rings is 2. The first-order chi connectivity index (χ1) is 16.4. The van der Waals surface area contributed by atoms with Crippen LogP contribution in [0.2, 0.25) is 0 Å². The van der Waals surface area contributed by atoms with Gasteiger partial charge < -0.3 is 19.7 Å². The third kappa shape index (κ3) is 5.08. The first-order valence-electron chi connectivity index (χ1n) is 11.7. The molecular formula is C26H28N2O5. The fourth-order valence-corrected chi connectivity index (χ4v) is 4.61. The molecule has 1 N–H and O–H groups in total. The summed E-state index contributed by atoms with van der Waals surface area (Å²) in [5.74, 6) is -1.29. The molecule has 1 fully saturated rings. The summed E-state index contributed by atoms with van der Waals surface area (Å²) in [6.07, 6.45) is 1.08. The van der Waals surface area contributed by atoms with Gasteiger partial charge in [-0.3, -0.25) is 9.59 Å². The Balaban J connectivity index is 1.43. The Morgan fingerprint density at radius 2 is 1.67 bits per heavy atom. The Morgan fingerprint density at radius 3 is 2.27 bits per heavy atom. The van der Waals surface area contributed by atoms with Crippen LogP contribution in [-0.2, 0) is 19.1 Å². The lowest BCUT2D eigenvalue weighted by Crippen LogP contribution is -2.51. The topological polar surface area (TPSA) is 84.9 Å². The standard InChI is InChI=1S/C26H28N2O5/c1-2-32-24(29)16-23(25(30)28-14-8-3-9-15-28)27-26(31)33-17-22-20-12-6-4-10-18(20)19-11-5-7-13-21(19)22/h2,4-7,10-13,22-23H,1,3,8-9,14-17H2,(H,27,31)/t23-/m0/s1/i2T. The molecule has 0 bridgehead atoms. The Bertz CT molecular complexity index is 1050. The zero-order valence-electron chi connectivity index (χ0n) is 19.4. The fourth-order valence-electron chi connectivity index (χ4n) is 4.61. The van der Waals surface area contributed by atoms with Crippen LogP contribution in [0, 0.1) is 0 Å². The van der Waals surface area contributed by atoms with E-state index >= 15 is 0 Å². The summed E-state index contributed by atoms with van der Waals surface area (Å²) in [5, 5.41) is 2.55. The van der Waals surface area contributed by atoms with E-state index in [2.05, 4.69) is 16.6 Å². The number of ether oxygens (including phenoxy) is 2. The van der Waals surface area contributed by atoms with Crippen LogP contribution in [0.4, 0.5) is 4.79 Å². The number of rotatable bonds is 7. The number of amides is 2. The van der Waals surface area contributed by atoms with E-state index in [9.17, 15) is 14.4 Å². The number of hydrogen-bond acceptors (Lipinski definition) is 5. The molecule has 7 heteroatoms. The molecule has 2 amide bonds. The molecule has 33 heavy (non-hydrogen) atoms. The third-order valence-electron chi connectivity index (χ3n) is 6.16. The van der Waals surface area contributed by atoms with Crippen LogP contribution in [0.1, 0.15) is 44.1 Å². The van der Waals surface area contributed by atoms with Crippen LogP contribution in [0.5, 0.6) is 0 Å². The molecule has 1 aliphatic carbocycles. The molecule has 7 nitrogen and oxygen atoms in total. The number of esters is 1. The molecule has 0 spiro atoms. The van der Waals surface area contributed by atoms with Crippen molar-refractivity contribution in [3.63, 3.8) is 0 Å². The average molecular weight is 451 g/mol. The van der Waals surface area contributed by atoms with E-state index in [1.54, 1.807) is 4.90 Å². The highest BCUT2D eigenvalue weighted by Crippen LogP contribution is 2.44. The second-order valence-electron chi connectivity index (χ2n) is 8.23. The summed E-state index contributed by atoms with van der Waals surface area (Å²) in [4.78, 5) is 39.5. The molecule has 1 saturated heterocycles. The van der Waals surface area contributed by atoms with Crippen LogP contribution in [0.25, 0.3) is 11.1 Å². The highest BCUT2D eigenvalue weighted by atomic mass is 16.5. The molecule has 0 saturated carbocycles. The molecule has 2 aromatic rings. The fraction of sp³-hybridized carbons (Fsp3) is 0.346. The molecule has 172 valence electrons. The molecule has 2 aliphatic rings. The van der Waals surface area contributed by atoms with Gasteiger partial charge in [0.25, 0.3) is 0 Å². The van der Waals surface area contributed by atoms with E-state index < -0.39 is 30.8 Å². The zero-order valence-corrected chi connectivity index (χ0v) is 18.4. The number of fused-ring (bicyclic) bond motifs is 3. The monoisotopic (exact) mass is 450 g/mol. The van der Waals surface area contributed by atoms with E-state index in [0.29, 0.717) is 13.1 Å². The Morgan fingerprint density at radius 1 is 1.06 bits per heavy atom. The van der Waals surface area contributed by atoms with Gasteiger partial charge in [0, 0.05) is 19.0 Å². The quantitative estimate of drug-likeness (QED) is 0.509. The summed E-state index contributed by atoms with van der Waals surface area (Å²) in [6.45, 7) is 4.46.